The summed E-state index contributed by atoms with van der Waals surface area (Å²) in [5.41, 5.74) is 0.0163. The Kier molecular flexibility index (Phi) is 3.53. The standard InChI is InChI=1S/C12H5F3N2OS/c13-8-3-6(4-9(14)11(8)15)18-10-1-2-17-12(19)7(10)5-16/h1-4H,(H,17,19). The molecular weight excluding hydrogens is 277 g/mol. The average Bonchev–Trinajstić information content (AvgIpc) is 2.36. The molecule has 0 spiro atoms. The minimum atomic E-state index is -1.58. The van der Waals surface area contributed by atoms with Crippen LogP contribution in [0.4, 0.5) is 13.2 Å². The second-order valence-corrected chi connectivity index (χ2v) is 3.87. The number of aromatic amines is 1. The Morgan fingerprint density at radius 3 is 2.42 bits per heavy atom. The van der Waals surface area contributed by atoms with E-state index >= 15 is 0 Å². The molecule has 0 bridgehead atoms. The van der Waals surface area contributed by atoms with Crippen molar-refractivity contribution in [2.75, 3.05) is 0 Å². The van der Waals surface area contributed by atoms with E-state index in [0.29, 0.717) is 12.1 Å². The van der Waals surface area contributed by atoms with E-state index in [0.717, 1.165) is 0 Å². The number of aromatic nitrogens is 1. The van der Waals surface area contributed by atoms with Gasteiger partial charge in [-0.25, -0.2) is 13.2 Å². The van der Waals surface area contributed by atoms with Crippen LogP contribution in [0.2, 0.25) is 0 Å². The number of hydrogen-bond acceptors (Lipinski definition) is 3. The van der Waals surface area contributed by atoms with Gasteiger partial charge in [-0.05, 0) is 6.07 Å². The van der Waals surface area contributed by atoms with E-state index in [-0.39, 0.29) is 21.7 Å². The molecule has 0 saturated heterocycles. The van der Waals surface area contributed by atoms with E-state index in [9.17, 15) is 13.2 Å². The molecule has 1 aromatic heterocycles. The number of nitrogens with one attached hydrogen (secondary N) is 1. The number of H-pyrrole nitrogens is 1. The maximum atomic E-state index is 13.0. The molecule has 1 aromatic carbocycles. The molecule has 0 saturated carbocycles. The van der Waals surface area contributed by atoms with Crippen molar-refractivity contribution in [2.45, 2.75) is 0 Å². The van der Waals surface area contributed by atoms with Gasteiger partial charge in [0.25, 0.3) is 0 Å². The lowest BCUT2D eigenvalue weighted by atomic mass is 10.2. The van der Waals surface area contributed by atoms with E-state index < -0.39 is 17.5 Å². The fourth-order valence-corrected chi connectivity index (χ4v) is 1.58. The molecule has 2 rings (SSSR count). The summed E-state index contributed by atoms with van der Waals surface area (Å²) in [6.07, 6.45) is 1.41. The first-order valence-electron chi connectivity index (χ1n) is 4.97. The van der Waals surface area contributed by atoms with Gasteiger partial charge in [-0.3, -0.25) is 0 Å². The van der Waals surface area contributed by atoms with Crippen molar-refractivity contribution >= 4 is 12.2 Å². The maximum Gasteiger partial charge on any atom is 0.194 e. The summed E-state index contributed by atoms with van der Waals surface area (Å²) in [5.74, 6) is -4.59. The summed E-state index contributed by atoms with van der Waals surface area (Å²) in [7, 11) is 0. The van der Waals surface area contributed by atoms with Gasteiger partial charge in [-0.1, -0.05) is 12.2 Å². The van der Waals surface area contributed by atoms with Crippen molar-refractivity contribution in [3.8, 4) is 17.6 Å². The largest absolute Gasteiger partial charge is 0.456 e. The van der Waals surface area contributed by atoms with Gasteiger partial charge in [-0.2, -0.15) is 5.26 Å². The lowest BCUT2D eigenvalue weighted by Crippen LogP contribution is -1.95. The van der Waals surface area contributed by atoms with Crippen LogP contribution in [0, 0.1) is 33.4 Å². The normalized spacial score (nSPS) is 10.0. The number of rotatable bonds is 2. The smallest absolute Gasteiger partial charge is 0.194 e. The summed E-state index contributed by atoms with van der Waals surface area (Å²) < 4.78 is 44.1. The van der Waals surface area contributed by atoms with Crippen LogP contribution >= 0.6 is 12.2 Å². The van der Waals surface area contributed by atoms with Gasteiger partial charge in [0.15, 0.2) is 17.5 Å². The molecule has 0 aliphatic rings. The average molecular weight is 282 g/mol. The highest BCUT2D eigenvalue weighted by Crippen LogP contribution is 2.27. The number of hydrogen-bond donors (Lipinski definition) is 1. The first-order chi connectivity index (χ1) is 9.02. The minimum Gasteiger partial charge on any atom is -0.456 e. The lowest BCUT2D eigenvalue weighted by Gasteiger charge is -2.07. The third-order valence-corrected chi connectivity index (χ3v) is 2.54. The van der Waals surface area contributed by atoms with Crippen molar-refractivity contribution < 1.29 is 17.9 Å². The Morgan fingerprint density at radius 2 is 1.84 bits per heavy atom. The molecule has 1 N–H and O–H groups in total. The molecule has 0 aliphatic heterocycles. The summed E-state index contributed by atoms with van der Waals surface area (Å²) in [4.78, 5) is 2.61. The van der Waals surface area contributed by atoms with Crippen LogP contribution in [0.1, 0.15) is 5.56 Å². The highest BCUT2D eigenvalue weighted by Gasteiger charge is 2.13. The second kappa shape index (κ2) is 5.12. The highest BCUT2D eigenvalue weighted by atomic mass is 32.1. The van der Waals surface area contributed by atoms with Crippen LogP contribution in [0.3, 0.4) is 0 Å². The molecule has 1 heterocycles. The van der Waals surface area contributed by atoms with E-state index in [1.165, 1.54) is 12.3 Å². The molecule has 96 valence electrons. The quantitative estimate of drug-likeness (QED) is 0.672. The molecule has 0 unspecified atom stereocenters. The van der Waals surface area contributed by atoms with E-state index in [1.54, 1.807) is 6.07 Å². The predicted molar refractivity (Wildman–Crippen MR) is 62.7 cm³/mol. The second-order valence-electron chi connectivity index (χ2n) is 3.46. The number of nitrogens with zero attached hydrogens (tertiary/aromatic N) is 1. The number of halogens is 3. The van der Waals surface area contributed by atoms with E-state index in [2.05, 4.69) is 4.98 Å². The Morgan fingerprint density at radius 1 is 1.21 bits per heavy atom. The van der Waals surface area contributed by atoms with Gasteiger partial charge in [0.2, 0.25) is 0 Å². The first-order valence-corrected chi connectivity index (χ1v) is 5.38. The Hall–Kier alpha value is -2.33. The molecule has 0 aliphatic carbocycles. The SMILES string of the molecule is N#Cc1c(Oc2cc(F)c(F)c(F)c2)cc[nH]c1=S. The fraction of sp³-hybridized carbons (Fsp3) is 0. The summed E-state index contributed by atoms with van der Waals surface area (Å²) >= 11 is 4.86. The van der Waals surface area contributed by atoms with Crippen molar-refractivity contribution in [1.82, 2.24) is 4.98 Å². The van der Waals surface area contributed by atoms with Crippen molar-refractivity contribution in [2.24, 2.45) is 0 Å². The molecule has 7 heteroatoms. The zero-order valence-electron chi connectivity index (χ0n) is 9.21. The van der Waals surface area contributed by atoms with Crippen molar-refractivity contribution in [3.63, 3.8) is 0 Å². The zero-order chi connectivity index (χ0) is 14.0. The maximum absolute atomic E-state index is 13.0. The number of benzene rings is 1. The molecule has 0 atom stereocenters. The van der Waals surface area contributed by atoms with E-state index in [1.807, 2.05) is 0 Å². The Labute approximate surface area is 110 Å². The van der Waals surface area contributed by atoms with Crippen LogP contribution in [0.25, 0.3) is 0 Å². The third-order valence-electron chi connectivity index (χ3n) is 2.22. The molecule has 0 fully saturated rings. The molecule has 0 radical (unpaired) electrons. The van der Waals surface area contributed by atoms with Gasteiger partial charge in [0.1, 0.15) is 27.8 Å². The first kappa shape index (κ1) is 13.1. The predicted octanol–water partition coefficient (Wildman–Crippen LogP) is 3.83. The van der Waals surface area contributed by atoms with Gasteiger partial charge >= 0.3 is 0 Å². The summed E-state index contributed by atoms with van der Waals surface area (Å²) in [5, 5.41) is 8.91. The van der Waals surface area contributed by atoms with Crippen molar-refractivity contribution in [3.05, 3.63) is 52.1 Å². The van der Waals surface area contributed by atoms with Gasteiger partial charge in [-0.15, -0.1) is 0 Å². The van der Waals surface area contributed by atoms with Crippen LogP contribution in [-0.2, 0) is 0 Å². The van der Waals surface area contributed by atoms with E-state index in [4.69, 9.17) is 22.2 Å². The molecule has 2 aromatic rings. The molecule has 3 nitrogen and oxygen atoms in total. The molecule has 0 amide bonds. The topological polar surface area (TPSA) is 48.8 Å². The lowest BCUT2D eigenvalue weighted by molar-refractivity contribution is 0.423. The fourth-order valence-electron chi connectivity index (χ4n) is 1.37. The highest BCUT2D eigenvalue weighted by molar-refractivity contribution is 7.71. The van der Waals surface area contributed by atoms with Gasteiger partial charge in [0, 0.05) is 18.3 Å². The summed E-state index contributed by atoms with van der Waals surface area (Å²) in [6, 6.07) is 4.53. The van der Waals surface area contributed by atoms with Gasteiger partial charge in [0.05, 0.1) is 0 Å². The van der Waals surface area contributed by atoms with Crippen LogP contribution in [-0.4, -0.2) is 4.98 Å². The summed E-state index contributed by atoms with van der Waals surface area (Å²) in [6.45, 7) is 0. The Balaban J connectivity index is 2.46. The van der Waals surface area contributed by atoms with Crippen LogP contribution in [0.5, 0.6) is 11.5 Å². The number of pyridine rings is 1. The van der Waals surface area contributed by atoms with Crippen molar-refractivity contribution in [1.29, 1.82) is 5.26 Å². The number of nitriles is 1. The third kappa shape index (κ3) is 2.58. The van der Waals surface area contributed by atoms with Crippen LogP contribution < -0.4 is 4.74 Å². The van der Waals surface area contributed by atoms with Gasteiger partial charge < -0.3 is 9.72 Å². The Bertz CT molecular complexity index is 713. The molecular formula is C12H5F3N2OS. The van der Waals surface area contributed by atoms with Crippen LogP contribution in [0.15, 0.2) is 24.4 Å². The number of ether oxygens (including phenoxy) is 1. The monoisotopic (exact) mass is 282 g/mol. The molecule has 19 heavy (non-hydrogen) atoms. The zero-order valence-corrected chi connectivity index (χ0v) is 10.0. The minimum absolute atomic E-state index is 0.0163.